The maximum atomic E-state index is 12.7. The molecule has 2 fully saturated rings. The number of sulfonamides is 1. The first-order valence-corrected chi connectivity index (χ1v) is 9.99. The van der Waals surface area contributed by atoms with E-state index < -0.39 is 10.0 Å². The number of benzene rings is 1. The lowest BCUT2D eigenvalue weighted by molar-refractivity contribution is 0.0789. The van der Waals surface area contributed by atoms with Gasteiger partial charge in [0.2, 0.25) is 10.0 Å². The van der Waals surface area contributed by atoms with E-state index in [0.29, 0.717) is 24.4 Å². The van der Waals surface area contributed by atoms with Gasteiger partial charge in [0.05, 0.1) is 17.6 Å². The second-order valence-corrected chi connectivity index (χ2v) is 8.18. The van der Waals surface area contributed by atoms with Crippen LogP contribution in [0.5, 0.6) is 5.75 Å². The molecule has 0 atom stereocenters. The number of methoxy groups -OCH3 is 1. The van der Waals surface area contributed by atoms with Gasteiger partial charge < -0.3 is 9.64 Å². The summed E-state index contributed by atoms with van der Waals surface area (Å²) in [4.78, 5) is 14.6. The van der Waals surface area contributed by atoms with Crippen molar-refractivity contribution >= 4 is 15.9 Å². The maximum absolute atomic E-state index is 12.7. The van der Waals surface area contributed by atoms with Gasteiger partial charge in [0.25, 0.3) is 5.91 Å². The van der Waals surface area contributed by atoms with Crippen molar-refractivity contribution in [2.75, 3.05) is 20.2 Å². The number of likely N-dealkylation sites (tertiary alicyclic amines) is 1. The molecular weight excluding hydrogens is 328 g/mol. The molecule has 7 heteroatoms. The maximum Gasteiger partial charge on any atom is 0.257 e. The average Bonchev–Trinajstić information content (AvgIpc) is 3.26. The second kappa shape index (κ2) is 7.11. The van der Waals surface area contributed by atoms with Crippen molar-refractivity contribution in [3.8, 4) is 5.75 Å². The Morgan fingerprint density at radius 1 is 1.17 bits per heavy atom. The number of ether oxygens (including phenoxy) is 1. The Hall–Kier alpha value is -1.60. The lowest BCUT2D eigenvalue weighted by atomic mass is 10.1. The van der Waals surface area contributed by atoms with Crippen LogP contribution >= 0.6 is 0 Å². The molecule has 3 rings (SSSR count). The standard InChI is InChI=1S/C17H24N2O4S/c1-23-16-9-8-14(24(21,22)18-13-6-2-3-7-13)12-15(16)17(20)19-10-4-5-11-19/h8-9,12-13,18H,2-7,10-11H2,1H3. The van der Waals surface area contributed by atoms with E-state index in [-0.39, 0.29) is 16.8 Å². The van der Waals surface area contributed by atoms with Crippen LogP contribution in [0.1, 0.15) is 48.9 Å². The summed E-state index contributed by atoms with van der Waals surface area (Å²) >= 11 is 0. The molecule has 1 aliphatic carbocycles. The minimum absolute atomic E-state index is 0.00478. The number of hydrogen-bond donors (Lipinski definition) is 1. The molecule has 1 N–H and O–H groups in total. The third kappa shape index (κ3) is 3.57. The first kappa shape index (κ1) is 17.2. The number of rotatable bonds is 5. The van der Waals surface area contributed by atoms with E-state index in [0.717, 1.165) is 38.5 Å². The van der Waals surface area contributed by atoms with Gasteiger partial charge in [-0.3, -0.25) is 4.79 Å². The summed E-state index contributed by atoms with van der Waals surface area (Å²) in [5.41, 5.74) is 0.314. The molecule has 1 aromatic rings. The number of hydrogen-bond acceptors (Lipinski definition) is 4. The predicted molar refractivity (Wildman–Crippen MR) is 90.7 cm³/mol. The van der Waals surface area contributed by atoms with Crippen LogP contribution in [0, 0.1) is 0 Å². The second-order valence-electron chi connectivity index (χ2n) is 6.46. The predicted octanol–water partition coefficient (Wildman–Crippen LogP) is 2.15. The Bertz CT molecular complexity index is 705. The van der Waals surface area contributed by atoms with Gasteiger partial charge in [0.15, 0.2) is 0 Å². The van der Waals surface area contributed by atoms with E-state index in [1.165, 1.54) is 19.2 Å². The molecule has 6 nitrogen and oxygen atoms in total. The van der Waals surface area contributed by atoms with Crippen molar-refractivity contribution in [2.45, 2.75) is 49.5 Å². The van der Waals surface area contributed by atoms with Crippen molar-refractivity contribution in [3.05, 3.63) is 23.8 Å². The van der Waals surface area contributed by atoms with Gasteiger partial charge in [0.1, 0.15) is 5.75 Å². The van der Waals surface area contributed by atoms with Gasteiger partial charge in [-0.05, 0) is 43.9 Å². The first-order valence-electron chi connectivity index (χ1n) is 8.51. The summed E-state index contributed by atoms with van der Waals surface area (Å²) in [5, 5.41) is 0. The Labute approximate surface area is 143 Å². The molecule has 1 saturated carbocycles. The summed E-state index contributed by atoms with van der Waals surface area (Å²) in [6.07, 6.45) is 5.80. The zero-order chi connectivity index (χ0) is 17.2. The highest BCUT2D eigenvalue weighted by Crippen LogP contribution is 2.26. The molecule has 1 amide bonds. The molecule has 24 heavy (non-hydrogen) atoms. The molecule has 1 aromatic carbocycles. The highest BCUT2D eigenvalue weighted by atomic mass is 32.2. The van der Waals surface area contributed by atoms with Crippen molar-refractivity contribution < 1.29 is 17.9 Å². The van der Waals surface area contributed by atoms with Gasteiger partial charge in [-0.1, -0.05) is 12.8 Å². The van der Waals surface area contributed by atoms with E-state index in [9.17, 15) is 13.2 Å². The molecule has 0 spiro atoms. The van der Waals surface area contributed by atoms with Gasteiger partial charge >= 0.3 is 0 Å². The SMILES string of the molecule is COc1ccc(S(=O)(=O)NC2CCCC2)cc1C(=O)N1CCCC1. The fourth-order valence-electron chi connectivity index (χ4n) is 3.44. The minimum Gasteiger partial charge on any atom is -0.496 e. The number of nitrogens with one attached hydrogen (secondary N) is 1. The van der Waals surface area contributed by atoms with E-state index in [1.807, 2.05) is 0 Å². The smallest absolute Gasteiger partial charge is 0.257 e. The van der Waals surface area contributed by atoms with Crippen molar-refractivity contribution in [1.29, 1.82) is 0 Å². The van der Waals surface area contributed by atoms with E-state index in [1.54, 1.807) is 11.0 Å². The molecule has 2 aliphatic rings. The normalized spacial score (nSPS) is 19.0. The third-order valence-electron chi connectivity index (χ3n) is 4.78. The van der Waals surface area contributed by atoms with Gasteiger partial charge in [0, 0.05) is 19.1 Å². The fraction of sp³-hybridized carbons (Fsp3) is 0.588. The minimum atomic E-state index is -3.62. The largest absolute Gasteiger partial charge is 0.496 e. The van der Waals surface area contributed by atoms with Crippen molar-refractivity contribution in [3.63, 3.8) is 0 Å². The zero-order valence-corrected chi connectivity index (χ0v) is 14.8. The Morgan fingerprint density at radius 2 is 1.83 bits per heavy atom. The van der Waals surface area contributed by atoms with Gasteiger partial charge in [-0.15, -0.1) is 0 Å². The van der Waals surface area contributed by atoms with Crippen LogP contribution in [0.4, 0.5) is 0 Å². The number of carbonyl (C=O) groups is 1. The van der Waals surface area contributed by atoms with Crippen LogP contribution in [0.15, 0.2) is 23.1 Å². The van der Waals surface area contributed by atoms with Crippen LogP contribution in [-0.4, -0.2) is 45.5 Å². The summed E-state index contributed by atoms with van der Waals surface area (Å²) in [7, 11) is -2.14. The molecule has 0 aromatic heterocycles. The lowest BCUT2D eigenvalue weighted by Crippen LogP contribution is -2.33. The van der Waals surface area contributed by atoms with Gasteiger partial charge in [-0.2, -0.15) is 0 Å². The van der Waals surface area contributed by atoms with Crippen LogP contribution in [0.2, 0.25) is 0 Å². The Balaban J connectivity index is 1.88. The molecular formula is C17H24N2O4S. The Kier molecular flexibility index (Phi) is 5.10. The average molecular weight is 352 g/mol. The molecule has 132 valence electrons. The molecule has 0 bridgehead atoms. The topological polar surface area (TPSA) is 75.7 Å². The van der Waals surface area contributed by atoms with Crippen LogP contribution in [0.3, 0.4) is 0 Å². The molecule has 1 heterocycles. The van der Waals surface area contributed by atoms with E-state index >= 15 is 0 Å². The van der Waals surface area contributed by atoms with Gasteiger partial charge in [-0.25, -0.2) is 13.1 Å². The number of nitrogens with zero attached hydrogens (tertiary/aromatic N) is 1. The number of carbonyl (C=O) groups excluding carboxylic acids is 1. The Morgan fingerprint density at radius 3 is 2.46 bits per heavy atom. The van der Waals surface area contributed by atoms with E-state index in [2.05, 4.69) is 4.72 Å². The van der Waals surface area contributed by atoms with Crippen molar-refractivity contribution in [1.82, 2.24) is 9.62 Å². The highest BCUT2D eigenvalue weighted by molar-refractivity contribution is 7.89. The monoisotopic (exact) mass is 352 g/mol. The summed E-state index contributed by atoms with van der Waals surface area (Å²) in [6, 6.07) is 4.50. The van der Waals surface area contributed by atoms with E-state index in [4.69, 9.17) is 4.74 Å². The third-order valence-corrected chi connectivity index (χ3v) is 6.30. The first-order chi connectivity index (χ1) is 11.5. The van der Waals surface area contributed by atoms with Crippen LogP contribution in [-0.2, 0) is 10.0 Å². The summed E-state index contributed by atoms with van der Waals surface area (Å²) in [6.45, 7) is 1.42. The lowest BCUT2D eigenvalue weighted by Gasteiger charge is -2.18. The molecule has 1 saturated heterocycles. The molecule has 1 aliphatic heterocycles. The quantitative estimate of drug-likeness (QED) is 0.881. The zero-order valence-electron chi connectivity index (χ0n) is 14.0. The summed E-state index contributed by atoms with van der Waals surface area (Å²) in [5.74, 6) is 0.244. The van der Waals surface area contributed by atoms with Crippen molar-refractivity contribution in [2.24, 2.45) is 0 Å². The summed E-state index contributed by atoms with van der Waals surface area (Å²) < 4.78 is 33.2. The van der Waals surface area contributed by atoms with Crippen LogP contribution in [0.25, 0.3) is 0 Å². The fourth-order valence-corrected chi connectivity index (χ4v) is 4.77. The molecule has 0 radical (unpaired) electrons. The highest BCUT2D eigenvalue weighted by Gasteiger charge is 2.27. The molecule has 0 unspecified atom stereocenters. The van der Waals surface area contributed by atoms with Crippen LogP contribution < -0.4 is 9.46 Å². The number of amides is 1.